The molecule has 0 radical (unpaired) electrons. The summed E-state index contributed by atoms with van der Waals surface area (Å²) in [5.41, 5.74) is -1.30. The maximum atomic E-state index is 13.4. The Balaban J connectivity index is 1.55. The molecule has 35 heavy (non-hydrogen) atoms. The van der Waals surface area contributed by atoms with Gasteiger partial charge in [-0.15, -0.1) is 0 Å². The highest BCUT2D eigenvalue weighted by molar-refractivity contribution is 5.95. The fourth-order valence-corrected chi connectivity index (χ4v) is 4.99. The molecule has 2 amide bonds. The molecule has 11 heteroatoms. The zero-order chi connectivity index (χ0) is 25.4. The van der Waals surface area contributed by atoms with Gasteiger partial charge in [-0.2, -0.15) is 18.4 Å². The zero-order valence-electron chi connectivity index (χ0n) is 19.4. The van der Waals surface area contributed by atoms with Crippen molar-refractivity contribution in [2.24, 2.45) is 5.41 Å². The second kappa shape index (κ2) is 9.17. The number of aromatic nitrogens is 2. The van der Waals surface area contributed by atoms with E-state index < -0.39 is 29.3 Å². The van der Waals surface area contributed by atoms with Gasteiger partial charge in [-0.1, -0.05) is 0 Å². The Labute approximate surface area is 201 Å². The van der Waals surface area contributed by atoms with Crippen molar-refractivity contribution in [2.75, 3.05) is 38.6 Å². The molecule has 0 aliphatic carbocycles. The summed E-state index contributed by atoms with van der Waals surface area (Å²) in [5.74, 6) is -0.571. The van der Waals surface area contributed by atoms with Gasteiger partial charge < -0.3 is 14.7 Å². The summed E-state index contributed by atoms with van der Waals surface area (Å²) in [6.07, 6.45) is -0.00249. The lowest BCUT2D eigenvalue weighted by atomic mass is 9.76. The lowest BCUT2D eigenvalue weighted by Crippen LogP contribution is -2.46. The van der Waals surface area contributed by atoms with E-state index in [1.54, 1.807) is 26.2 Å². The van der Waals surface area contributed by atoms with E-state index in [0.717, 1.165) is 6.07 Å². The highest BCUT2D eigenvalue weighted by atomic mass is 19.4. The van der Waals surface area contributed by atoms with Gasteiger partial charge in [0.2, 0.25) is 11.7 Å². The molecule has 0 N–H and O–H groups in total. The number of hydrogen-bond acceptors (Lipinski definition) is 6. The molecule has 2 aromatic rings. The number of likely N-dealkylation sites (tertiary alicyclic amines) is 1. The molecule has 2 aliphatic heterocycles. The molecular weight excluding hydrogens is 461 g/mol. The highest BCUT2D eigenvalue weighted by Gasteiger charge is 2.50. The molecule has 1 aromatic heterocycles. The molecule has 2 aliphatic rings. The summed E-state index contributed by atoms with van der Waals surface area (Å²) in [7, 11) is 3.28. The van der Waals surface area contributed by atoms with Crippen LogP contribution < -0.4 is 4.90 Å². The Kier molecular flexibility index (Phi) is 6.40. The van der Waals surface area contributed by atoms with Crippen molar-refractivity contribution in [2.45, 2.75) is 31.5 Å². The van der Waals surface area contributed by atoms with Crippen molar-refractivity contribution in [3.05, 3.63) is 53.6 Å². The first kappa shape index (κ1) is 24.4. The molecule has 184 valence electrons. The summed E-state index contributed by atoms with van der Waals surface area (Å²) in [5, 5.41) is 9.05. The van der Waals surface area contributed by atoms with Gasteiger partial charge in [0.05, 0.1) is 17.2 Å². The number of piperidine rings is 1. The Morgan fingerprint density at radius 3 is 2.40 bits per heavy atom. The fourth-order valence-electron chi connectivity index (χ4n) is 4.99. The molecule has 3 heterocycles. The molecule has 0 bridgehead atoms. The first-order valence-corrected chi connectivity index (χ1v) is 11.2. The molecule has 4 rings (SSSR count). The topological polar surface area (TPSA) is 93.4 Å². The van der Waals surface area contributed by atoms with Gasteiger partial charge in [-0.05, 0) is 48.9 Å². The standard InChI is InChI=1S/C24H25F3N6O2/c1-31(2)21(34)19-13-23(15-33(19)22(35)20-29-8-3-9-30-20)6-10-32(11-7-23)17-5-4-16(14-28)18(12-17)24(25,26)27/h3-5,8-9,12,19H,6-7,10-11,13,15H2,1-2H3. The predicted octanol–water partition coefficient (Wildman–Crippen LogP) is 2.96. The van der Waals surface area contributed by atoms with Gasteiger partial charge in [-0.25, -0.2) is 9.97 Å². The lowest BCUT2D eigenvalue weighted by Gasteiger charge is -2.40. The smallest absolute Gasteiger partial charge is 0.371 e. The molecule has 0 saturated carbocycles. The lowest BCUT2D eigenvalue weighted by molar-refractivity contribution is -0.137. The third kappa shape index (κ3) is 4.78. The SMILES string of the molecule is CN(C)C(=O)C1CC2(CCN(c3ccc(C#N)c(C(F)(F)F)c3)CC2)CN1C(=O)c1ncccn1. The number of amides is 2. The van der Waals surface area contributed by atoms with E-state index in [2.05, 4.69) is 9.97 Å². The number of halogens is 3. The van der Waals surface area contributed by atoms with E-state index in [-0.39, 0.29) is 17.1 Å². The molecule has 2 saturated heterocycles. The number of anilines is 1. The number of nitriles is 1. The normalized spacial score (nSPS) is 19.5. The van der Waals surface area contributed by atoms with Crippen molar-refractivity contribution in [3.8, 4) is 6.07 Å². The number of alkyl halides is 3. The number of nitrogens with zero attached hydrogens (tertiary/aromatic N) is 6. The van der Waals surface area contributed by atoms with Crippen LogP contribution in [0.1, 0.15) is 41.0 Å². The number of likely N-dealkylation sites (N-methyl/N-ethyl adjacent to an activating group) is 1. The van der Waals surface area contributed by atoms with Gasteiger partial charge >= 0.3 is 6.18 Å². The van der Waals surface area contributed by atoms with Gasteiger partial charge in [0.25, 0.3) is 5.91 Å². The van der Waals surface area contributed by atoms with Crippen LogP contribution in [0.15, 0.2) is 36.7 Å². The van der Waals surface area contributed by atoms with Crippen molar-refractivity contribution >= 4 is 17.5 Å². The predicted molar refractivity (Wildman–Crippen MR) is 120 cm³/mol. The number of carbonyl (C=O) groups excluding carboxylic acids is 2. The average molecular weight is 486 g/mol. The second-order valence-corrected chi connectivity index (χ2v) is 9.28. The van der Waals surface area contributed by atoms with Crippen LogP contribution in [0.5, 0.6) is 0 Å². The summed E-state index contributed by atoms with van der Waals surface area (Å²) in [6, 6.07) is 6.30. The molecule has 1 atom stereocenters. The third-order valence-electron chi connectivity index (χ3n) is 6.87. The number of hydrogen-bond donors (Lipinski definition) is 0. The van der Waals surface area contributed by atoms with Gasteiger partial charge in [0.1, 0.15) is 6.04 Å². The van der Waals surface area contributed by atoms with Crippen LogP contribution in [-0.4, -0.2) is 71.4 Å². The third-order valence-corrected chi connectivity index (χ3v) is 6.87. The van der Waals surface area contributed by atoms with Crippen LogP contribution in [-0.2, 0) is 11.0 Å². The van der Waals surface area contributed by atoms with Crippen LogP contribution >= 0.6 is 0 Å². The first-order valence-electron chi connectivity index (χ1n) is 11.2. The van der Waals surface area contributed by atoms with Crippen molar-refractivity contribution < 1.29 is 22.8 Å². The Bertz CT molecular complexity index is 1150. The van der Waals surface area contributed by atoms with Crippen molar-refractivity contribution in [1.82, 2.24) is 19.8 Å². The highest BCUT2D eigenvalue weighted by Crippen LogP contribution is 2.45. The van der Waals surface area contributed by atoms with E-state index in [1.807, 2.05) is 4.90 Å². The molecule has 1 aromatic carbocycles. The van der Waals surface area contributed by atoms with Crippen LogP contribution in [0.25, 0.3) is 0 Å². The molecule has 1 spiro atoms. The monoisotopic (exact) mass is 486 g/mol. The molecule has 2 fully saturated rings. The minimum atomic E-state index is -4.62. The Morgan fingerprint density at radius 2 is 1.83 bits per heavy atom. The first-order chi connectivity index (χ1) is 16.5. The van der Waals surface area contributed by atoms with E-state index in [1.165, 1.54) is 34.3 Å². The van der Waals surface area contributed by atoms with Crippen LogP contribution in [0.2, 0.25) is 0 Å². The number of carbonyl (C=O) groups is 2. The number of benzene rings is 1. The summed E-state index contributed by atoms with van der Waals surface area (Å²) in [6.45, 7) is 1.29. The van der Waals surface area contributed by atoms with E-state index >= 15 is 0 Å². The summed E-state index contributed by atoms with van der Waals surface area (Å²) >= 11 is 0. The largest absolute Gasteiger partial charge is 0.417 e. The van der Waals surface area contributed by atoms with Crippen LogP contribution in [0.4, 0.5) is 18.9 Å². The van der Waals surface area contributed by atoms with Crippen molar-refractivity contribution in [3.63, 3.8) is 0 Å². The fraction of sp³-hybridized carbons (Fsp3) is 0.458. The average Bonchev–Trinajstić information content (AvgIpc) is 3.22. The van der Waals surface area contributed by atoms with Crippen LogP contribution in [0, 0.1) is 16.7 Å². The van der Waals surface area contributed by atoms with E-state index in [0.29, 0.717) is 44.6 Å². The Hall–Kier alpha value is -3.68. The van der Waals surface area contributed by atoms with Gasteiger partial charge in [0, 0.05) is 51.8 Å². The zero-order valence-corrected chi connectivity index (χ0v) is 19.4. The second-order valence-electron chi connectivity index (χ2n) is 9.28. The quantitative estimate of drug-likeness (QED) is 0.662. The molecule has 8 nitrogen and oxygen atoms in total. The minimum Gasteiger partial charge on any atom is -0.371 e. The van der Waals surface area contributed by atoms with Crippen LogP contribution in [0.3, 0.4) is 0 Å². The number of rotatable bonds is 3. The maximum Gasteiger partial charge on any atom is 0.417 e. The summed E-state index contributed by atoms with van der Waals surface area (Å²) in [4.78, 5) is 39.0. The van der Waals surface area contributed by atoms with Gasteiger partial charge in [-0.3, -0.25) is 9.59 Å². The Morgan fingerprint density at radius 1 is 1.17 bits per heavy atom. The van der Waals surface area contributed by atoms with E-state index in [9.17, 15) is 22.8 Å². The van der Waals surface area contributed by atoms with Crippen molar-refractivity contribution in [1.29, 1.82) is 5.26 Å². The van der Waals surface area contributed by atoms with E-state index in [4.69, 9.17) is 5.26 Å². The summed E-state index contributed by atoms with van der Waals surface area (Å²) < 4.78 is 40.2. The van der Waals surface area contributed by atoms with Gasteiger partial charge in [0.15, 0.2) is 0 Å². The molecule has 1 unspecified atom stereocenters. The minimum absolute atomic E-state index is 0.0239. The molecular formula is C24H25F3N6O2. The maximum absolute atomic E-state index is 13.4.